The van der Waals surface area contributed by atoms with Crippen LogP contribution in [0.5, 0.6) is 5.88 Å². The van der Waals surface area contributed by atoms with Crippen LogP contribution < -0.4 is 15.8 Å². The molecule has 2 rings (SSSR count). The fourth-order valence-electron chi connectivity index (χ4n) is 1.93. The van der Waals surface area contributed by atoms with E-state index in [4.69, 9.17) is 10.5 Å². The van der Waals surface area contributed by atoms with Gasteiger partial charge < -0.3 is 15.8 Å². The maximum Gasteiger partial charge on any atom is 0.242 e. The maximum atomic E-state index is 6.03. The van der Waals surface area contributed by atoms with Crippen LogP contribution in [0.15, 0.2) is 24.5 Å². The van der Waals surface area contributed by atoms with Crippen molar-refractivity contribution in [2.24, 2.45) is 5.92 Å². The summed E-state index contributed by atoms with van der Waals surface area (Å²) in [6.45, 7) is 4.84. The summed E-state index contributed by atoms with van der Waals surface area (Å²) in [6.07, 6.45) is 4.32. The van der Waals surface area contributed by atoms with Crippen LogP contribution >= 0.6 is 0 Å². The van der Waals surface area contributed by atoms with Crippen molar-refractivity contribution in [1.29, 1.82) is 0 Å². The highest BCUT2D eigenvalue weighted by Gasteiger charge is 2.13. The second-order valence-electron chi connectivity index (χ2n) is 5.22. The lowest BCUT2D eigenvalue weighted by Gasteiger charge is -2.13. The first-order chi connectivity index (χ1) is 10.1. The summed E-state index contributed by atoms with van der Waals surface area (Å²) < 4.78 is 5.23. The molecule has 112 valence electrons. The molecule has 6 nitrogen and oxygen atoms in total. The zero-order chi connectivity index (χ0) is 15.2. The number of nitrogens with two attached hydrogens (primary N) is 1. The average Bonchev–Trinajstić information content (AvgIpc) is 2.48. The normalized spacial score (nSPS) is 10.7. The molecule has 0 unspecified atom stereocenters. The summed E-state index contributed by atoms with van der Waals surface area (Å²) >= 11 is 0. The van der Waals surface area contributed by atoms with Gasteiger partial charge in [-0.2, -0.15) is 4.98 Å². The second-order valence-corrected chi connectivity index (χ2v) is 5.22. The fraction of sp³-hybridized carbons (Fsp3) is 0.400. The molecule has 2 aromatic rings. The quantitative estimate of drug-likeness (QED) is 0.847. The van der Waals surface area contributed by atoms with Crippen LogP contribution in [0.4, 0.5) is 11.5 Å². The molecular formula is C15H21N5O. The van der Waals surface area contributed by atoms with Crippen LogP contribution in [-0.2, 0) is 13.0 Å². The molecule has 0 spiro atoms. The van der Waals surface area contributed by atoms with Gasteiger partial charge in [-0.15, -0.1) is 0 Å². The highest BCUT2D eigenvalue weighted by atomic mass is 16.5. The Kier molecular flexibility index (Phi) is 4.92. The van der Waals surface area contributed by atoms with E-state index in [2.05, 4.69) is 34.1 Å². The Bertz CT molecular complexity index is 586. The van der Waals surface area contributed by atoms with E-state index in [9.17, 15) is 0 Å². The van der Waals surface area contributed by atoms with Gasteiger partial charge in [0.2, 0.25) is 5.88 Å². The van der Waals surface area contributed by atoms with Gasteiger partial charge in [-0.3, -0.25) is 4.98 Å². The van der Waals surface area contributed by atoms with Crippen molar-refractivity contribution in [3.63, 3.8) is 0 Å². The number of rotatable bonds is 6. The van der Waals surface area contributed by atoms with E-state index in [1.807, 2.05) is 12.1 Å². The standard InChI is InChI=1S/C15H21N5O/c1-10(2)7-12-19-14(13(16)15(20-12)21-3)18-9-11-5-4-6-17-8-11/h4-6,8,10H,7,9,16H2,1-3H3,(H,18,19,20). The van der Waals surface area contributed by atoms with Gasteiger partial charge >= 0.3 is 0 Å². The van der Waals surface area contributed by atoms with E-state index in [0.717, 1.165) is 17.8 Å². The molecule has 0 radical (unpaired) electrons. The number of hydrogen-bond donors (Lipinski definition) is 2. The van der Waals surface area contributed by atoms with Gasteiger partial charge in [-0.05, 0) is 17.5 Å². The fourth-order valence-corrected chi connectivity index (χ4v) is 1.93. The minimum atomic E-state index is 0.411. The molecule has 0 saturated carbocycles. The van der Waals surface area contributed by atoms with Gasteiger partial charge in [0.25, 0.3) is 0 Å². The van der Waals surface area contributed by atoms with Gasteiger partial charge in [0.15, 0.2) is 5.82 Å². The maximum absolute atomic E-state index is 6.03. The Morgan fingerprint density at radius 2 is 2.14 bits per heavy atom. The summed E-state index contributed by atoms with van der Waals surface area (Å²) in [5.74, 6) is 2.20. The van der Waals surface area contributed by atoms with Crippen LogP contribution in [0.2, 0.25) is 0 Å². The van der Waals surface area contributed by atoms with Crippen molar-refractivity contribution in [1.82, 2.24) is 15.0 Å². The molecule has 21 heavy (non-hydrogen) atoms. The number of methoxy groups -OCH3 is 1. The number of hydrogen-bond acceptors (Lipinski definition) is 6. The Hall–Kier alpha value is -2.37. The van der Waals surface area contributed by atoms with Crippen molar-refractivity contribution in [3.05, 3.63) is 35.9 Å². The first-order valence-corrected chi connectivity index (χ1v) is 6.93. The van der Waals surface area contributed by atoms with Gasteiger partial charge in [0.1, 0.15) is 11.5 Å². The Morgan fingerprint density at radius 1 is 1.33 bits per heavy atom. The number of nitrogens with zero attached hydrogens (tertiary/aromatic N) is 3. The Morgan fingerprint density at radius 3 is 2.76 bits per heavy atom. The number of pyridine rings is 1. The molecule has 0 saturated heterocycles. The van der Waals surface area contributed by atoms with Crippen LogP contribution in [0.3, 0.4) is 0 Å². The average molecular weight is 287 g/mol. The predicted octanol–water partition coefficient (Wildman–Crippen LogP) is 2.27. The summed E-state index contributed by atoms with van der Waals surface area (Å²) in [5, 5.41) is 3.22. The lowest BCUT2D eigenvalue weighted by Crippen LogP contribution is -2.11. The number of aromatic nitrogens is 3. The Labute approximate surface area is 124 Å². The summed E-state index contributed by atoms with van der Waals surface area (Å²) in [5.41, 5.74) is 7.51. The summed E-state index contributed by atoms with van der Waals surface area (Å²) in [4.78, 5) is 12.9. The largest absolute Gasteiger partial charge is 0.479 e. The van der Waals surface area contributed by atoms with Gasteiger partial charge in [0.05, 0.1) is 7.11 Å². The smallest absolute Gasteiger partial charge is 0.242 e. The highest BCUT2D eigenvalue weighted by molar-refractivity contribution is 5.66. The van der Waals surface area contributed by atoms with Crippen LogP contribution in [-0.4, -0.2) is 22.1 Å². The van der Waals surface area contributed by atoms with Crippen LogP contribution in [0.1, 0.15) is 25.2 Å². The monoisotopic (exact) mass is 287 g/mol. The molecule has 0 aliphatic carbocycles. The first-order valence-electron chi connectivity index (χ1n) is 6.93. The van der Waals surface area contributed by atoms with E-state index >= 15 is 0 Å². The van der Waals surface area contributed by atoms with E-state index in [0.29, 0.717) is 29.8 Å². The molecule has 0 amide bonds. The molecule has 0 aliphatic heterocycles. The van der Waals surface area contributed by atoms with Gasteiger partial charge in [-0.1, -0.05) is 19.9 Å². The van der Waals surface area contributed by atoms with E-state index in [1.54, 1.807) is 19.5 Å². The zero-order valence-electron chi connectivity index (χ0n) is 12.6. The third kappa shape index (κ3) is 4.05. The van der Waals surface area contributed by atoms with E-state index in [-0.39, 0.29) is 0 Å². The Balaban J connectivity index is 2.20. The molecule has 0 fully saturated rings. The topological polar surface area (TPSA) is 86.0 Å². The third-order valence-electron chi connectivity index (χ3n) is 2.92. The molecule has 2 aromatic heterocycles. The minimum absolute atomic E-state index is 0.411. The highest BCUT2D eigenvalue weighted by Crippen LogP contribution is 2.26. The number of anilines is 2. The number of nitrogens with one attached hydrogen (secondary N) is 1. The summed E-state index contributed by atoms with van der Waals surface area (Å²) in [7, 11) is 1.56. The molecule has 3 N–H and O–H groups in total. The van der Waals surface area contributed by atoms with Crippen molar-refractivity contribution in [3.8, 4) is 5.88 Å². The number of nitrogen functional groups attached to an aromatic ring is 1. The van der Waals surface area contributed by atoms with Crippen molar-refractivity contribution in [2.45, 2.75) is 26.8 Å². The molecule has 0 aliphatic rings. The lowest BCUT2D eigenvalue weighted by molar-refractivity contribution is 0.396. The number of ether oxygens (including phenoxy) is 1. The van der Waals surface area contributed by atoms with Gasteiger partial charge in [-0.25, -0.2) is 4.98 Å². The first kappa shape index (κ1) is 15.0. The van der Waals surface area contributed by atoms with Gasteiger partial charge in [0, 0.05) is 25.4 Å². The van der Waals surface area contributed by atoms with E-state index in [1.165, 1.54) is 0 Å². The predicted molar refractivity (Wildman–Crippen MR) is 83.1 cm³/mol. The SMILES string of the molecule is COc1nc(CC(C)C)nc(NCc2cccnc2)c1N. The molecule has 2 heterocycles. The van der Waals surface area contributed by atoms with Crippen LogP contribution in [0, 0.1) is 5.92 Å². The second kappa shape index (κ2) is 6.88. The van der Waals surface area contributed by atoms with Crippen LogP contribution in [0.25, 0.3) is 0 Å². The van der Waals surface area contributed by atoms with E-state index < -0.39 is 0 Å². The molecule has 0 aromatic carbocycles. The molecular weight excluding hydrogens is 266 g/mol. The molecule has 6 heteroatoms. The van der Waals surface area contributed by atoms with Crippen molar-refractivity contribution in [2.75, 3.05) is 18.2 Å². The van der Waals surface area contributed by atoms with Crippen molar-refractivity contribution >= 4 is 11.5 Å². The zero-order valence-corrected chi connectivity index (χ0v) is 12.6. The third-order valence-corrected chi connectivity index (χ3v) is 2.92. The summed E-state index contributed by atoms with van der Waals surface area (Å²) in [6, 6.07) is 3.88. The van der Waals surface area contributed by atoms with Crippen molar-refractivity contribution < 1.29 is 4.74 Å². The minimum Gasteiger partial charge on any atom is -0.479 e. The lowest BCUT2D eigenvalue weighted by atomic mass is 10.1. The molecule has 0 bridgehead atoms. The molecule has 0 atom stereocenters.